The third kappa shape index (κ3) is 5.20. The second-order valence-electron chi connectivity index (χ2n) is 10.4. The number of benzene rings is 4. The van der Waals surface area contributed by atoms with Crippen LogP contribution >= 0.6 is 34.5 Å². The van der Waals surface area contributed by atoms with Crippen molar-refractivity contribution in [3.8, 4) is 11.5 Å². The average Bonchev–Trinajstić information content (AvgIpc) is 3.34. The number of allylic oxidation sites excluding steroid dienone is 1. The number of halogens is 2. The molecule has 1 aliphatic carbocycles. The van der Waals surface area contributed by atoms with Gasteiger partial charge in [0.2, 0.25) is 0 Å². The van der Waals surface area contributed by atoms with Gasteiger partial charge in [0.25, 0.3) is 5.56 Å². The van der Waals surface area contributed by atoms with E-state index < -0.39 is 0 Å². The van der Waals surface area contributed by atoms with Crippen LogP contribution in [0, 0.1) is 0 Å². The molecule has 0 fully saturated rings. The Bertz CT molecular complexity index is 2080. The van der Waals surface area contributed by atoms with Gasteiger partial charge in [-0.15, -0.1) is 0 Å². The number of nitrogens with zero attached hydrogens (tertiary/aromatic N) is 2. The van der Waals surface area contributed by atoms with Crippen molar-refractivity contribution < 1.29 is 9.47 Å². The van der Waals surface area contributed by atoms with Gasteiger partial charge in [-0.2, -0.15) is 0 Å². The van der Waals surface area contributed by atoms with Gasteiger partial charge in [-0.05, 0) is 65.9 Å². The van der Waals surface area contributed by atoms with Crippen molar-refractivity contribution >= 4 is 46.3 Å². The Kier molecular flexibility index (Phi) is 7.43. The number of ether oxygens (including phenoxy) is 2. The number of hydrogen-bond donors (Lipinski definition) is 0. The fourth-order valence-electron chi connectivity index (χ4n) is 5.80. The molecule has 0 amide bonds. The second kappa shape index (κ2) is 11.5. The Labute approximate surface area is 262 Å². The van der Waals surface area contributed by atoms with E-state index in [9.17, 15) is 4.79 Å². The van der Waals surface area contributed by atoms with Crippen LogP contribution in [0.3, 0.4) is 0 Å². The Morgan fingerprint density at radius 1 is 0.977 bits per heavy atom. The molecule has 1 aromatic heterocycles. The topological polar surface area (TPSA) is 52.8 Å². The Hall–Kier alpha value is -4.10. The monoisotopic (exact) mass is 624 g/mol. The first-order valence-corrected chi connectivity index (χ1v) is 15.5. The smallest absolute Gasteiger partial charge is 0.271 e. The van der Waals surface area contributed by atoms with Crippen molar-refractivity contribution in [1.82, 2.24) is 4.57 Å². The molecule has 5 nitrogen and oxygen atoms in total. The summed E-state index contributed by atoms with van der Waals surface area (Å²) in [5, 5.41) is 1.15. The van der Waals surface area contributed by atoms with Gasteiger partial charge in [0.1, 0.15) is 18.1 Å². The molecule has 1 atom stereocenters. The fraction of sp³-hybridized carbons (Fsp3) is 0.143. The van der Waals surface area contributed by atoms with Gasteiger partial charge in [0.15, 0.2) is 4.80 Å². The normalized spacial score (nSPS) is 15.8. The Balaban J connectivity index is 1.28. The van der Waals surface area contributed by atoms with E-state index in [1.807, 2.05) is 65.2 Å². The lowest BCUT2D eigenvalue weighted by molar-refractivity contribution is 0.306. The maximum atomic E-state index is 14.1. The van der Waals surface area contributed by atoms with Crippen molar-refractivity contribution in [2.45, 2.75) is 25.5 Å². The zero-order valence-corrected chi connectivity index (χ0v) is 25.5. The van der Waals surface area contributed by atoms with Crippen molar-refractivity contribution in [1.29, 1.82) is 0 Å². The maximum absolute atomic E-state index is 14.1. The van der Waals surface area contributed by atoms with Gasteiger partial charge in [-0.25, -0.2) is 4.99 Å². The molecule has 43 heavy (non-hydrogen) atoms. The first-order chi connectivity index (χ1) is 21.0. The van der Waals surface area contributed by atoms with Gasteiger partial charge in [0.05, 0.1) is 23.4 Å². The molecule has 4 aromatic carbocycles. The summed E-state index contributed by atoms with van der Waals surface area (Å²) >= 11 is 13.7. The summed E-state index contributed by atoms with van der Waals surface area (Å²) in [6.45, 7) is 0.324. The van der Waals surface area contributed by atoms with Crippen LogP contribution in [0.2, 0.25) is 10.0 Å². The molecule has 1 aliphatic heterocycles. The minimum absolute atomic E-state index is 0.0669. The zero-order chi connectivity index (χ0) is 29.5. The molecule has 2 aliphatic rings. The lowest BCUT2D eigenvalue weighted by Crippen LogP contribution is -2.38. The lowest BCUT2D eigenvalue weighted by Gasteiger charge is -2.31. The van der Waals surface area contributed by atoms with Crippen molar-refractivity contribution in [2.75, 3.05) is 7.11 Å². The van der Waals surface area contributed by atoms with E-state index in [0.29, 0.717) is 31.7 Å². The number of rotatable bonds is 6. The molecule has 0 unspecified atom stereocenters. The van der Waals surface area contributed by atoms with Gasteiger partial charge >= 0.3 is 0 Å². The van der Waals surface area contributed by atoms with Crippen LogP contribution in [0.15, 0.2) is 106 Å². The largest absolute Gasteiger partial charge is 0.496 e. The summed E-state index contributed by atoms with van der Waals surface area (Å²) in [5.41, 5.74) is 7.17. The second-order valence-corrected chi connectivity index (χ2v) is 12.3. The average molecular weight is 626 g/mol. The highest BCUT2D eigenvalue weighted by Crippen LogP contribution is 2.43. The molecule has 2 heterocycles. The molecule has 0 N–H and O–H groups in total. The van der Waals surface area contributed by atoms with Crippen LogP contribution in [-0.4, -0.2) is 11.7 Å². The molecule has 0 saturated carbocycles. The number of hydrogen-bond acceptors (Lipinski definition) is 5. The maximum Gasteiger partial charge on any atom is 0.271 e. The van der Waals surface area contributed by atoms with Gasteiger partial charge < -0.3 is 9.47 Å². The highest BCUT2D eigenvalue weighted by atomic mass is 35.5. The van der Waals surface area contributed by atoms with E-state index in [1.54, 1.807) is 19.2 Å². The third-order valence-corrected chi connectivity index (χ3v) is 9.46. The third-order valence-electron chi connectivity index (χ3n) is 7.89. The quantitative estimate of drug-likeness (QED) is 0.200. The molecule has 0 bridgehead atoms. The zero-order valence-electron chi connectivity index (χ0n) is 23.2. The molecule has 8 heteroatoms. The standard InChI is InChI=1S/C35H26Cl2N2O3S/c1-41-30-9-5-4-8-27(30)33-28-17-13-22-6-2-3-7-26(22)32(28)38-35-39(33)34(40)31(43-35)18-21-10-15-25(16-11-21)42-20-23-12-14-24(36)19-29(23)37/h2-12,14-16,18-19,33H,13,17,20H2,1H3/b31-18+/t33-/m0/s1. The van der Waals surface area contributed by atoms with Crippen LogP contribution in [0.4, 0.5) is 0 Å². The molecule has 0 spiro atoms. The van der Waals surface area contributed by atoms with E-state index >= 15 is 0 Å². The number of aromatic nitrogens is 1. The number of para-hydroxylation sites is 1. The van der Waals surface area contributed by atoms with E-state index in [-0.39, 0.29) is 11.6 Å². The number of thiazole rings is 1. The van der Waals surface area contributed by atoms with E-state index in [1.165, 1.54) is 16.9 Å². The SMILES string of the molecule is COc1ccccc1[C@H]1C2=C(N=c3s/c(=C/c4ccc(OCc5ccc(Cl)cc5Cl)cc4)c(=O)n31)c1ccccc1CC2. The van der Waals surface area contributed by atoms with Crippen LogP contribution < -0.4 is 24.4 Å². The molecular weight excluding hydrogens is 599 g/mol. The van der Waals surface area contributed by atoms with E-state index in [2.05, 4.69) is 24.3 Å². The van der Waals surface area contributed by atoms with Crippen LogP contribution in [0.5, 0.6) is 11.5 Å². The van der Waals surface area contributed by atoms with Crippen molar-refractivity contribution in [2.24, 2.45) is 4.99 Å². The summed E-state index contributed by atoms with van der Waals surface area (Å²) in [4.78, 5) is 19.9. The van der Waals surface area contributed by atoms with E-state index in [0.717, 1.165) is 52.1 Å². The minimum Gasteiger partial charge on any atom is -0.496 e. The molecule has 0 saturated heterocycles. The molecular formula is C35H26Cl2N2O3S. The summed E-state index contributed by atoms with van der Waals surface area (Å²) in [5.74, 6) is 1.46. The van der Waals surface area contributed by atoms with Gasteiger partial charge in [0, 0.05) is 26.7 Å². The first-order valence-electron chi connectivity index (χ1n) is 13.9. The predicted molar refractivity (Wildman–Crippen MR) is 173 cm³/mol. The number of aryl methyl sites for hydroxylation is 1. The van der Waals surface area contributed by atoms with Crippen LogP contribution in [0.25, 0.3) is 11.8 Å². The molecule has 5 aromatic rings. The van der Waals surface area contributed by atoms with Gasteiger partial charge in [-0.3, -0.25) is 9.36 Å². The summed E-state index contributed by atoms with van der Waals surface area (Å²) in [6, 6.07) is 29.1. The Morgan fingerprint density at radius 2 is 1.77 bits per heavy atom. The molecule has 7 rings (SSSR count). The Morgan fingerprint density at radius 3 is 2.58 bits per heavy atom. The van der Waals surface area contributed by atoms with Crippen LogP contribution in [-0.2, 0) is 13.0 Å². The predicted octanol–water partition coefficient (Wildman–Crippen LogP) is 7.21. The van der Waals surface area contributed by atoms with Crippen LogP contribution in [0.1, 0.15) is 40.3 Å². The van der Waals surface area contributed by atoms with Crippen molar-refractivity contribution in [3.63, 3.8) is 0 Å². The number of methoxy groups -OCH3 is 1. The van der Waals surface area contributed by atoms with Crippen molar-refractivity contribution in [3.05, 3.63) is 154 Å². The summed E-state index contributed by atoms with van der Waals surface area (Å²) < 4.78 is 14.2. The first kappa shape index (κ1) is 27.7. The van der Waals surface area contributed by atoms with Gasteiger partial charge in [-0.1, -0.05) is 95.2 Å². The summed E-state index contributed by atoms with van der Waals surface area (Å²) in [6.07, 6.45) is 3.64. The highest BCUT2D eigenvalue weighted by molar-refractivity contribution is 7.07. The molecule has 214 valence electrons. The fourth-order valence-corrected chi connectivity index (χ4v) is 7.27. The minimum atomic E-state index is -0.298. The van der Waals surface area contributed by atoms with E-state index in [4.69, 9.17) is 37.7 Å². The number of fused-ring (bicyclic) bond motifs is 3. The lowest BCUT2D eigenvalue weighted by atomic mass is 9.83. The molecule has 0 radical (unpaired) electrons. The summed E-state index contributed by atoms with van der Waals surface area (Å²) in [7, 11) is 1.67. The highest BCUT2D eigenvalue weighted by Gasteiger charge is 2.33.